The summed E-state index contributed by atoms with van der Waals surface area (Å²) in [6, 6.07) is 0. The van der Waals surface area contributed by atoms with Gasteiger partial charge in [0.15, 0.2) is 0 Å². The van der Waals surface area contributed by atoms with Crippen molar-refractivity contribution in [2.75, 3.05) is 6.61 Å². The highest BCUT2D eigenvalue weighted by Gasteiger charge is 2.48. The molecule has 0 aromatic heterocycles. The first-order valence-electron chi connectivity index (χ1n) is 4.44. The first-order valence-corrected chi connectivity index (χ1v) is 4.44. The van der Waals surface area contributed by atoms with Crippen LogP contribution in [0.1, 0.15) is 27.2 Å². The highest BCUT2D eigenvalue weighted by molar-refractivity contribution is 4.98. The highest BCUT2D eigenvalue weighted by atomic mass is 16.3. The fourth-order valence-electron chi connectivity index (χ4n) is 2.33. The SMILES string of the molecule is [CH2]C(C)C1CC(CO)C1(C)C. The molecule has 1 nitrogen and oxygen atoms in total. The van der Waals surface area contributed by atoms with Crippen LogP contribution in [0.2, 0.25) is 0 Å². The van der Waals surface area contributed by atoms with Gasteiger partial charge in [0.25, 0.3) is 0 Å². The summed E-state index contributed by atoms with van der Waals surface area (Å²) < 4.78 is 0. The zero-order chi connectivity index (χ0) is 8.65. The summed E-state index contributed by atoms with van der Waals surface area (Å²) in [7, 11) is 0. The van der Waals surface area contributed by atoms with E-state index >= 15 is 0 Å². The van der Waals surface area contributed by atoms with Crippen molar-refractivity contribution in [3.8, 4) is 0 Å². The van der Waals surface area contributed by atoms with Crippen LogP contribution in [0.15, 0.2) is 0 Å². The molecule has 3 atom stereocenters. The van der Waals surface area contributed by atoms with Gasteiger partial charge in [0, 0.05) is 6.61 Å². The number of aliphatic hydroxyl groups excluding tert-OH is 1. The minimum Gasteiger partial charge on any atom is -0.396 e. The first-order chi connectivity index (χ1) is 5.00. The molecule has 11 heavy (non-hydrogen) atoms. The predicted octanol–water partition coefficient (Wildman–Crippen LogP) is 2.11. The summed E-state index contributed by atoms with van der Waals surface area (Å²) in [5.41, 5.74) is 0.315. The van der Waals surface area contributed by atoms with E-state index in [1.807, 2.05) is 0 Å². The maximum atomic E-state index is 9.00. The largest absolute Gasteiger partial charge is 0.396 e. The van der Waals surface area contributed by atoms with E-state index in [1.165, 1.54) is 0 Å². The van der Waals surface area contributed by atoms with Crippen molar-refractivity contribution in [3.63, 3.8) is 0 Å². The van der Waals surface area contributed by atoms with Gasteiger partial charge >= 0.3 is 0 Å². The smallest absolute Gasteiger partial charge is 0.0464 e. The van der Waals surface area contributed by atoms with Crippen molar-refractivity contribution in [2.24, 2.45) is 23.2 Å². The van der Waals surface area contributed by atoms with E-state index in [9.17, 15) is 0 Å². The topological polar surface area (TPSA) is 20.2 Å². The van der Waals surface area contributed by atoms with Crippen LogP contribution in [-0.4, -0.2) is 11.7 Å². The van der Waals surface area contributed by atoms with Gasteiger partial charge in [-0.1, -0.05) is 27.7 Å². The molecule has 1 heteroatoms. The molecule has 1 radical (unpaired) electrons. The van der Waals surface area contributed by atoms with Crippen LogP contribution in [-0.2, 0) is 0 Å². The Morgan fingerprint density at radius 2 is 2.18 bits per heavy atom. The number of rotatable bonds is 2. The molecule has 0 spiro atoms. The summed E-state index contributed by atoms with van der Waals surface area (Å²) in [5, 5.41) is 9.00. The predicted molar refractivity (Wildman–Crippen MR) is 47.0 cm³/mol. The van der Waals surface area contributed by atoms with E-state index in [1.54, 1.807) is 0 Å². The van der Waals surface area contributed by atoms with Gasteiger partial charge in [-0.05, 0) is 29.6 Å². The molecule has 1 aliphatic rings. The second kappa shape index (κ2) is 2.78. The van der Waals surface area contributed by atoms with Gasteiger partial charge in [-0.3, -0.25) is 0 Å². The monoisotopic (exact) mass is 155 g/mol. The Bertz CT molecular complexity index is 138. The van der Waals surface area contributed by atoms with Crippen LogP contribution in [0.25, 0.3) is 0 Å². The lowest BCUT2D eigenvalue weighted by molar-refractivity contribution is -0.0694. The van der Waals surface area contributed by atoms with Gasteiger partial charge in [0.2, 0.25) is 0 Å². The summed E-state index contributed by atoms with van der Waals surface area (Å²) in [4.78, 5) is 0. The first kappa shape index (κ1) is 9.05. The van der Waals surface area contributed by atoms with E-state index < -0.39 is 0 Å². The maximum Gasteiger partial charge on any atom is 0.0464 e. The van der Waals surface area contributed by atoms with Crippen molar-refractivity contribution < 1.29 is 5.11 Å². The van der Waals surface area contributed by atoms with Crippen LogP contribution in [0.4, 0.5) is 0 Å². The van der Waals surface area contributed by atoms with Crippen molar-refractivity contribution in [1.82, 2.24) is 0 Å². The fraction of sp³-hybridized carbons (Fsp3) is 0.900. The number of hydrogen-bond acceptors (Lipinski definition) is 1. The van der Waals surface area contributed by atoms with Crippen LogP contribution in [0, 0.1) is 30.1 Å². The van der Waals surface area contributed by atoms with Crippen molar-refractivity contribution in [3.05, 3.63) is 6.92 Å². The molecule has 1 aliphatic carbocycles. The molecule has 0 bridgehead atoms. The molecule has 0 aromatic carbocycles. The van der Waals surface area contributed by atoms with Gasteiger partial charge in [0.1, 0.15) is 0 Å². The maximum absolute atomic E-state index is 9.00. The molecule has 1 N–H and O–H groups in total. The van der Waals surface area contributed by atoms with Crippen LogP contribution >= 0.6 is 0 Å². The fourth-order valence-corrected chi connectivity index (χ4v) is 2.33. The summed E-state index contributed by atoms with van der Waals surface area (Å²) in [6.07, 6.45) is 1.16. The summed E-state index contributed by atoms with van der Waals surface area (Å²) in [5.74, 6) is 1.74. The Morgan fingerprint density at radius 1 is 1.64 bits per heavy atom. The Labute approximate surface area is 69.8 Å². The quantitative estimate of drug-likeness (QED) is 0.647. The van der Waals surface area contributed by atoms with E-state index in [4.69, 9.17) is 5.11 Å². The Balaban J connectivity index is 2.54. The lowest BCUT2D eigenvalue weighted by atomic mass is 9.52. The molecule has 1 saturated carbocycles. The van der Waals surface area contributed by atoms with E-state index in [0.29, 0.717) is 29.8 Å². The van der Waals surface area contributed by atoms with Crippen molar-refractivity contribution in [2.45, 2.75) is 27.2 Å². The molecule has 3 unspecified atom stereocenters. The van der Waals surface area contributed by atoms with Crippen LogP contribution in [0.5, 0.6) is 0 Å². The molecule has 1 fully saturated rings. The summed E-state index contributed by atoms with van der Waals surface area (Å²) >= 11 is 0. The van der Waals surface area contributed by atoms with E-state index in [0.717, 1.165) is 6.42 Å². The van der Waals surface area contributed by atoms with Gasteiger partial charge in [-0.15, -0.1) is 0 Å². The number of aliphatic hydroxyl groups is 1. The second-order valence-corrected chi connectivity index (χ2v) is 4.52. The normalized spacial score (nSPS) is 35.5. The summed E-state index contributed by atoms with van der Waals surface area (Å²) in [6.45, 7) is 11.0. The third-order valence-electron chi connectivity index (χ3n) is 3.45. The standard InChI is InChI=1S/C10H19O/c1-7(2)9-5-8(6-11)10(9,3)4/h7-9,11H,1,5-6H2,2-4H3. The Morgan fingerprint density at radius 3 is 2.45 bits per heavy atom. The molecular weight excluding hydrogens is 136 g/mol. The third-order valence-corrected chi connectivity index (χ3v) is 3.45. The lowest BCUT2D eigenvalue weighted by Crippen LogP contribution is -2.48. The zero-order valence-corrected chi connectivity index (χ0v) is 7.80. The molecular formula is C10H19O. The average Bonchev–Trinajstić information content (AvgIpc) is 1.85. The second-order valence-electron chi connectivity index (χ2n) is 4.52. The van der Waals surface area contributed by atoms with Gasteiger partial charge in [0.05, 0.1) is 0 Å². The van der Waals surface area contributed by atoms with Gasteiger partial charge in [-0.25, -0.2) is 0 Å². The number of hydrogen-bond donors (Lipinski definition) is 1. The van der Waals surface area contributed by atoms with Crippen LogP contribution in [0.3, 0.4) is 0 Å². The van der Waals surface area contributed by atoms with Gasteiger partial charge in [-0.2, -0.15) is 0 Å². The third kappa shape index (κ3) is 1.31. The molecule has 0 saturated heterocycles. The molecule has 0 heterocycles. The van der Waals surface area contributed by atoms with E-state index in [-0.39, 0.29) is 0 Å². The van der Waals surface area contributed by atoms with Crippen molar-refractivity contribution >= 4 is 0 Å². The van der Waals surface area contributed by atoms with E-state index in [2.05, 4.69) is 27.7 Å². The Hall–Kier alpha value is -0.0400. The molecule has 1 rings (SSSR count). The average molecular weight is 155 g/mol. The molecule has 65 valence electrons. The highest BCUT2D eigenvalue weighted by Crippen LogP contribution is 2.53. The molecule has 0 aromatic rings. The minimum absolute atomic E-state index is 0.315. The van der Waals surface area contributed by atoms with Crippen LogP contribution < -0.4 is 0 Å². The Kier molecular flexibility index (Phi) is 2.29. The molecule has 0 amide bonds. The van der Waals surface area contributed by atoms with Gasteiger partial charge < -0.3 is 5.11 Å². The lowest BCUT2D eigenvalue weighted by Gasteiger charge is -2.53. The molecule has 0 aliphatic heterocycles. The zero-order valence-electron chi connectivity index (χ0n) is 7.80. The van der Waals surface area contributed by atoms with Crippen molar-refractivity contribution in [1.29, 1.82) is 0 Å². The minimum atomic E-state index is 0.315.